The molecule has 1 atom stereocenters. The van der Waals surface area contributed by atoms with Gasteiger partial charge in [0.25, 0.3) is 0 Å². The standard InChI is InChI=1S/C13H23N3O/c14-9-3-1-4-11-16-13(17)8-7-12-6-2-5-10-15-12/h12,15H,1-8,10-11H2,(H,16,17). The molecule has 17 heavy (non-hydrogen) atoms. The van der Waals surface area contributed by atoms with Gasteiger partial charge in [0.1, 0.15) is 0 Å². The van der Waals surface area contributed by atoms with E-state index in [9.17, 15) is 4.79 Å². The van der Waals surface area contributed by atoms with Gasteiger partial charge in [-0.25, -0.2) is 0 Å². The molecule has 4 nitrogen and oxygen atoms in total. The van der Waals surface area contributed by atoms with E-state index in [1.807, 2.05) is 0 Å². The van der Waals surface area contributed by atoms with Gasteiger partial charge < -0.3 is 10.6 Å². The van der Waals surface area contributed by atoms with E-state index in [2.05, 4.69) is 16.7 Å². The molecular weight excluding hydrogens is 214 g/mol. The van der Waals surface area contributed by atoms with Gasteiger partial charge in [0.05, 0.1) is 6.07 Å². The van der Waals surface area contributed by atoms with Crippen LogP contribution in [0.25, 0.3) is 0 Å². The molecule has 0 aromatic rings. The molecule has 0 radical (unpaired) electrons. The summed E-state index contributed by atoms with van der Waals surface area (Å²) in [4.78, 5) is 11.5. The molecule has 1 heterocycles. The van der Waals surface area contributed by atoms with Gasteiger partial charge in [0, 0.05) is 25.4 Å². The SMILES string of the molecule is N#CCCCCNC(=O)CCC1CCCCN1. The highest BCUT2D eigenvalue weighted by atomic mass is 16.1. The van der Waals surface area contributed by atoms with Crippen LogP contribution in [-0.4, -0.2) is 25.0 Å². The van der Waals surface area contributed by atoms with Crippen molar-refractivity contribution in [3.8, 4) is 6.07 Å². The lowest BCUT2D eigenvalue weighted by Gasteiger charge is -2.23. The average molecular weight is 237 g/mol. The largest absolute Gasteiger partial charge is 0.356 e. The Morgan fingerprint density at radius 1 is 1.41 bits per heavy atom. The highest BCUT2D eigenvalue weighted by molar-refractivity contribution is 5.75. The second kappa shape index (κ2) is 9.00. The van der Waals surface area contributed by atoms with Crippen LogP contribution in [0.15, 0.2) is 0 Å². The average Bonchev–Trinajstić information content (AvgIpc) is 2.37. The van der Waals surface area contributed by atoms with Crippen molar-refractivity contribution in [1.29, 1.82) is 5.26 Å². The molecule has 1 fully saturated rings. The second-order valence-corrected chi connectivity index (χ2v) is 4.65. The van der Waals surface area contributed by atoms with Gasteiger partial charge in [0.15, 0.2) is 0 Å². The van der Waals surface area contributed by atoms with Crippen LogP contribution in [0.3, 0.4) is 0 Å². The van der Waals surface area contributed by atoms with Crippen molar-refractivity contribution in [2.75, 3.05) is 13.1 Å². The maximum absolute atomic E-state index is 11.5. The Morgan fingerprint density at radius 3 is 3.00 bits per heavy atom. The van der Waals surface area contributed by atoms with E-state index in [1.54, 1.807) is 0 Å². The number of piperidine rings is 1. The number of nitriles is 1. The Balaban J connectivity index is 1.95. The fraction of sp³-hybridized carbons (Fsp3) is 0.846. The third-order valence-corrected chi connectivity index (χ3v) is 3.17. The van der Waals surface area contributed by atoms with Gasteiger partial charge in [-0.05, 0) is 38.6 Å². The summed E-state index contributed by atoms with van der Waals surface area (Å²) >= 11 is 0. The van der Waals surface area contributed by atoms with Crippen LogP contribution >= 0.6 is 0 Å². The molecule has 0 aromatic heterocycles. The highest BCUT2D eigenvalue weighted by Crippen LogP contribution is 2.11. The van der Waals surface area contributed by atoms with Crippen LogP contribution in [0.2, 0.25) is 0 Å². The lowest BCUT2D eigenvalue weighted by atomic mass is 10.0. The topological polar surface area (TPSA) is 64.9 Å². The molecule has 0 aliphatic carbocycles. The van der Waals surface area contributed by atoms with Crippen LogP contribution in [0.4, 0.5) is 0 Å². The minimum atomic E-state index is 0.148. The highest BCUT2D eigenvalue weighted by Gasteiger charge is 2.13. The number of nitrogens with zero attached hydrogens (tertiary/aromatic N) is 1. The molecule has 4 heteroatoms. The molecule has 1 aliphatic rings. The monoisotopic (exact) mass is 237 g/mol. The predicted octanol–water partition coefficient (Wildman–Crippen LogP) is 1.72. The zero-order valence-corrected chi connectivity index (χ0v) is 10.5. The molecule has 0 bridgehead atoms. The second-order valence-electron chi connectivity index (χ2n) is 4.65. The number of amides is 1. The van der Waals surface area contributed by atoms with Gasteiger partial charge >= 0.3 is 0 Å². The molecule has 1 unspecified atom stereocenters. The van der Waals surface area contributed by atoms with Crippen molar-refractivity contribution in [3.05, 3.63) is 0 Å². The van der Waals surface area contributed by atoms with Gasteiger partial charge in [-0.3, -0.25) is 4.79 Å². The van der Waals surface area contributed by atoms with Crippen molar-refractivity contribution >= 4 is 5.91 Å². The fourth-order valence-electron chi connectivity index (χ4n) is 2.12. The van der Waals surface area contributed by atoms with Gasteiger partial charge in [0.2, 0.25) is 5.91 Å². The maximum Gasteiger partial charge on any atom is 0.220 e. The zero-order chi connectivity index (χ0) is 12.3. The molecule has 96 valence electrons. The smallest absolute Gasteiger partial charge is 0.220 e. The lowest BCUT2D eigenvalue weighted by Crippen LogP contribution is -2.35. The Labute approximate surface area is 104 Å². The minimum absolute atomic E-state index is 0.148. The summed E-state index contributed by atoms with van der Waals surface area (Å²) in [6.07, 6.45) is 7.69. The molecular formula is C13H23N3O. The Kier molecular flexibility index (Phi) is 7.40. The zero-order valence-electron chi connectivity index (χ0n) is 10.5. The Bertz CT molecular complexity index is 254. The molecule has 0 spiro atoms. The quantitative estimate of drug-likeness (QED) is 0.663. The molecule has 1 amide bonds. The number of hydrogen-bond donors (Lipinski definition) is 2. The van der Waals surface area contributed by atoms with Crippen LogP contribution in [0, 0.1) is 11.3 Å². The molecule has 2 N–H and O–H groups in total. The fourth-order valence-corrected chi connectivity index (χ4v) is 2.12. The van der Waals surface area contributed by atoms with E-state index in [1.165, 1.54) is 19.3 Å². The maximum atomic E-state index is 11.5. The molecule has 0 saturated carbocycles. The molecule has 0 aromatic carbocycles. The van der Waals surface area contributed by atoms with E-state index >= 15 is 0 Å². The van der Waals surface area contributed by atoms with Crippen molar-refractivity contribution in [1.82, 2.24) is 10.6 Å². The summed E-state index contributed by atoms with van der Waals surface area (Å²) in [6, 6.07) is 2.64. The summed E-state index contributed by atoms with van der Waals surface area (Å²) in [7, 11) is 0. The summed E-state index contributed by atoms with van der Waals surface area (Å²) in [5.41, 5.74) is 0. The Hall–Kier alpha value is -1.08. The number of unbranched alkanes of at least 4 members (excludes halogenated alkanes) is 2. The van der Waals surface area contributed by atoms with Crippen LogP contribution in [0.1, 0.15) is 51.4 Å². The van der Waals surface area contributed by atoms with Crippen molar-refractivity contribution in [2.24, 2.45) is 0 Å². The van der Waals surface area contributed by atoms with E-state index in [0.717, 1.165) is 25.8 Å². The Morgan fingerprint density at radius 2 is 2.29 bits per heavy atom. The first-order valence-corrected chi connectivity index (χ1v) is 6.70. The van der Waals surface area contributed by atoms with E-state index < -0.39 is 0 Å². The number of carbonyl (C=O) groups excluding carboxylic acids is 1. The number of nitrogens with one attached hydrogen (secondary N) is 2. The van der Waals surface area contributed by atoms with Gasteiger partial charge in [-0.1, -0.05) is 6.42 Å². The minimum Gasteiger partial charge on any atom is -0.356 e. The molecule has 1 saturated heterocycles. The summed E-state index contributed by atoms with van der Waals surface area (Å²) in [5.74, 6) is 0.148. The van der Waals surface area contributed by atoms with Crippen molar-refractivity contribution < 1.29 is 4.79 Å². The van der Waals surface area contributed by atoms with Gasteiger partial charge in [-0.15, -0.1) is 0 Å². The first-order chi connectivity index (χ1) is 8.33. The third kappa shape index (κ3) is 6.96. The molecule has 1 rings (SSSR count). The summed E-state index contributed by atoms with van der Waals surface area (Å²) in [6.45, 7) is 1.80. The number of rotatable bonds is 7. The number of hydrogen-bond acceptors (Lipinski definition) is 3. The van der Waals surface area contributed by atoms with Crippen molar-refractivity contribution in [3.63, 3.8) is 0 Å². The summed E-state index contributed by atoms with van der Waals surface area (Å²) in [5, 5.41) is 14.7. The normalized spacial score (nSPS) is 19.6. The molecule has 1 aliphatic heterocycles. The van der Waals surface area contributed by atoms with Crippen LogP contribution in [-0.2, 0) is 4.79 Å². The first-order valence-electron chi connectivity index (χ1n) is 6.70. The van der Waals surface area contributed by atoms with Gasteiger partial charge in [-0.2, -0.15) is 5.26 Å². The van der Waals surface area contributed by atoms with E-state index in [-0.39, 0.29) is 5.91 Å². The summed E-state index contributed by atoms with van der Waals surface area (Å²) < 4.78 is 0. The van der Waals surface area contributed by atoms with Crippen LogP contribution in [0.5, 0.6) is 0 Å². The number of carbonyl (C=O) groups is 1. The lowest BCUT2D eigenvalue weighted by molar-refractivity contribution is -0.121. The van der Waals surface area contributed by atoms with E-state index in [4.69, 9.17) is 5.26 Å². The van der Waals surface area contributed by atoms with Crippen LogP contribution < -0.4 is 10.6 Å². The first kappa shape index (κ1) is 14.0. The van der Waals surface area contributed by atoms with E-state index in [0.29, 0.717) is 25.4 Å². The predicted molar refractivity (Wildman–Crippen MR) is 67.3 cm³/mol. The third-order valence-electron chi connectivity index (χ3n) is 3.17. The van der Waals surface area contributed by atoms with Crippen molar-refractivity contribution in [2.45, 2.75) is 57.4 Å².